The Bertz CT molecular complexity index is 521. The molecular formula is C8H8N2O4S. The summed E-state index contributed by atoms with van der Waals surface area (Å²) in [5.74, 6) is 0. The summed E-state index contributed by atoms with van der Waals surface area (Å²) in [5.41, 5.74) is -0.152. The summed E-state index contributed by atoms with van der Waals surface area (Å²) in [6, 6.07) is 2.20. The van der Waals surface area contributed by atoms with E-state index in [4.69, 9.17) is 0 Å². The quantitative estimate of drug-likeness (QED) is 0.573. The Hall–Kier alpha value is -1.76. The largest absolute Gasteiger partial charge is 0.290 e. The average molecular weight is 228 g/mol. The summed E-state index contributed by atoms with van der Waals surface area (Å²) < 4.78 is 22.6. The van der Waals surface area contributed by atoms with Gasteiger partial charge in [-0.2, -0.15) is 0 Å². The fourth-order valence-electron chi connectivity index (χ4n) is 0.967. The van der Waals surface area contributed by atoms with E-state index in [1.54, 1.807) is 0 Å². The minimum Gasteiger partial charge on any atom is -0.258 e. The van der Waals surface area contributed by atoms with Gasteiger partial charge in [0, 0.05) is 11.5 Å². The Morgan fingerprint density at radius 1 is 1.53 bits per heavy atom. The van der Waals surface area contributed by atoms with Gasteiger partial charge >= 0.3 is 0 Å². The third kappa shape index (κ3) is 2.18. The van der Waals surface area contributed by atoms with E-state index < -0.39 is 14.8 Å². The number of sulfone groups is 1. The van der Waals surface area contributed by atoms with Crippen LogP contribution in [0.3, 0.4) is 0 Å². The monoisotopic (exact) mass is 228 g/mol. The lowest BCUT2D eigenvalue weighted by atomic mass is 10.3. The second-order valence-electron chi connectivity index (χ2n) is 2.72. The normalized spacial score (nSPS) is 11.0. The lowest BCUT2D eigenvalue weighted by Gasteiger charge is -2.00. The van der Waals surface area contributed by atoms with Crippen LogP contribution in [0.2, 0.25) is 0 Å². The molecule has 0 atom stereocenters. The van der Waals surface area contributed by atoms with Gasteiger partial charge in [-0.1, -0.05) is 6.58 Å². The number of nitrogens with zero attached hydrogens (tertiary/aromatic N) is 2. The first-order valence-electron chi connectivity index (χ1n) is 3.88. The van der Waals surface area contributed by atoms with Gasteiger partial charge < -0.3 is 0 Å². The number of nitro groups is 1. The second-order valence-corrected chi connectivity index (χ2v) is 4.56. The van der Waals surface area contributed by atoms with Gasteiger partial charge in [-0.05, 0) is 13.0 Å². The molecule has 0 aromatic carbocycles. The molecule has 0 bridgehead atoms. The van der Waals surface area contributed by atoms with Gasteiger partial charge in [-0.25, -0.2) is 13.4 Å². The second kappa shape index (κ2) is 3.77. The molecule has 80 valence electrons. The molecule has 0 unspecified atom stereocenters. The molecular weight excluding hydrogens is 220 g/mol. The highest BCUT2D eigenvalue weighted by Crippen LogP contribution is 2.18. The molecule has 7 heteroatoms. The minimum atomic E-state index is -3.63. The molecule has 0 aliphatic rings. The maximum absolute atomic E-state index is 11.3. The summed E-state index contributed by atoms with van der Waals surface area (Å²) in [6.45, 7) is 4.51. The van der Waals surface area contributed by atoms with Gasteiger partial charge in [0.25, 0.3) is 5.69 Å². The van der Waals surface area contributed by atoms with Crippen molar-refractivity contribution < 1.29 is 13.3 Å². The molecule has 0 saturated carbocycles. The van der Waals surface area contributed by atoms with Crippen molar-refractivity contribution in [1.29, 1.82) is 0 Å². The van der Waals surface area contributed by atoms with Crippen molar-refractivity contribution in [2.75, 3.05) is 0 Å². The van der Waals surface area contributed by atoms with Gasteiger partial charge in [0.2, 0.25) is 9.84 Å². The lowest BCUT2D eigenvalue weighted by molar-refractivity contribution is -0.385. The third-order valence-corrected chi connectivity index (χ3v) is 2.99. The molecule has 0 aliphatic carbocycles. The van der Waals surface area contributed by atoms with E-state index in [0.717, 1.165) is 17.5 Å². The molecule has 15 heavy (non-hydrogen) atoms. The van der Waals surface area contributed by atoms with Crippen molar-refractivity contribution in [2.24, 2.45) is 0 Å². The number of aryl methyl sites for hydroxylation is 1. The van der Waals surface area contributed by atoms with Gasteiger partial charge in [0.1, 0.15) is 5.69 Å². The van der Waals surface area contributed by atoms with Gasteiger partial charge in [0.05, 0.1) is 4.92 Å². The van der Waals surface area contributed by atoms with Crippen molar-refractivity contribution in [1.82, 2.24) is 4.98 Å². The Morgan fingerprint density at radius 2 is 2.13 bits per heavy atom. The summed E-state index contributed by atoms with van der Waals surface area (Å²) >= 11 is 0. The summed E-state index contributed by atoms with van der Waals surface area (Å²) in [7, 11) is -3.63. The highest BCUT2D eigenvalue weighted by Gasteiger charge is 2.17. The number of rotatable bonds is 3. The Labute approximate surface area is 86.3 Å². The number of hydrogen-bond acceptors (Lipinski definition) is 5. The molecule has 1 heterocycles. The highest BCUT2D eigenvalue weighted by molar-refractivity contribution is 7.94. The smallest absolute Gasteiger partial charge is 0.258 e. The molecule has 6 nitrogen and oxygen atoms in total. The van der Waals surface area contributed by atoms with Crippen LogP contribution in [-0.2, 0) is 9.84 Å². The zero-order valence-corrected chi connectivity index (χ0v) is 8.69. The average Bonchev–Trinajstić information content (AvgIpc) is 2.17. The molecule has 1 rings (SSSR count). The lowest BCUT2D eigenvalue weighted by Crippen LogP contribution is -2.02. The van der Waals surface area contributed by atoms with Crippen LogP contribution < -0.4 is 0 Å². The predicted octanol–water partition coefficient (Wildman–Crippen LogP) is 1.22. The number of hydrogen-bond donors (Lipinski definition) is 0. The topological polar surface area (TPSA) is 90.2 Å². The van der Waals surface area contributed by atoms with Gasteiger partial charge in [-0.15, -0.1) is 0 Å². The van der Waals surface area contributed by atoms with Crippen LogP contribution in [0.4, 0.5) is 5.69 Å². The van der Waals surface area contributed by atoms with Gasteiger partial charge in [-0.3, -0.25) is 10.1 Å². The van der Waals surface area contributed by atoms with Crippen molar-refractivity contribution in [2.45, 2.75) is 11.9 Å². The molecule has 1 aromatic heterocycles. The van der Waals surface area contributed by atoms with E-state index in [1.807, 2.05) is 0 Å². The predicted molar refractivity (Wildman–Crippen MR) is 53.0 cm³/mol. The molecule has 0 radical (unpaired) electrons. The molecule has 0 fully saturated rings. The Morgan fingerprint density at radius 3 is 2.53 bits per heavy atom. The molecule has 0 saturated heterocycles. The van der Waals surface area contributed by atoms with Gasteiger partial charge in [0.15, 0.2) is 5.03 Å². The van der Waals surface area contributed by atoms with E-state index in [2.05, 4.69) is 11.6 Å². The first kappa shape index (κ1) is 11.3. The van der Waals surface area contributed by atoms with Crippen molar-refractivity contribution >= 4 is 15.5 Å². The maximum Gasteiger partial charge on any atom is 0.290 e. The van der Waals surface area contributed by atoms with E-state index in [9.17, 15) is 18.5 Å². The van der Waals surface area contributed by atoms with Crippen LogP contribution in [0.5, 0.6) is 0 Å². The van der Waals surface area contributed by atoms with E-state index in [-0.39, 0.29) is 16.4 Å². The van der Waals surface area contributed by atoms with Crippen molar-refractivity contribution in [3.63, 3.8) is 0 Å². The SMILES string of the molecule is C=CS(=O)(=O)c1ccc([N+](=O)[O-])c(C)n1. The number of aromatic nitrogens is 1. The molecule has 0 aliphatic heterocycles. The van der Waals surface area contributed by atoms with Crippen LogP contribution in [0.1, 0.15) is 5.69 Å². The van der Waals surface area contributed by atoms with E-state index >= 15 is 0 Å². The first-order valence-corrected chi connectivity index (χ1v) is 5.42. The van der Waals surface area contributed by atoms with Crippen molar-refractivity contribution in [3.8, 4) is 0 Å². The van der Waals surface area contributed by atoms with Crippen LogP contribution >= 0.6 is 0 Å². The Balaban J connectivity index is 3.36. The Kier molecular flexibility index (Phi) is 2.85. The first-order chi connectivity index (χ1) is 6.88. The maximum atomic E-state index is 11.3. The molecule has 1 aromatic rings. The van der Waals surface area contributed by atoms with E-state index in [0.29, 0.717) is 0 Å². The third-order valence-electron chi connectivity index (χ3n) is 1.74. The van der Waals surface area contributed by atoms with Crippen molar-refractivity contribution in [3.05, 3.63) is 39.9 Å². The summed E-state index contributed by atoms with van der Waals surface area (Å²) in [6.07, 6.45) is 0. The van der Waals surface area contributed by atoms with Crippen LogP contribution in [-0.4, -0.2) is 18.3 Å². The highest BCUT2D eigenvalue weighted by atomic mass is 32.2. The van der Waals surface area contributed by atoms with E-state index in [1.165, 1.54) is 6.92 Å². The minimum absolute atomic E-state index is 0.0583. The fraction of sp³-hybridized carbons (Fsp3) is 0.125. The van der Waals surface area contributed by atoms with Crippen LogP contribution in [0.25, 0.3) is 0 Å². The molecule has 0 N–H and O–H groups in total. The zero-order valence-electron chi connectivity index (χ0n) is 7.87. The molecule has 0 amide bonds. The number of pyridine rings is 1. The van der Waals surface area contributed by atoms with Crippen LogP contribution in [0.15, 0.2) is 29.1 Å². The van der Waals surface area contributed by atoms with Crippen LogP contribution in [0, 0.1) is 17.0 Å². The fourth-order valence-corrected chi connectivity index (χ4v) is 1.66. The molecule has 0 spiro atoms. The standard InChI is InChI=1S/C8H8N2O4S/c1-3-15(13,14)8-5-4-7(10(11)12)6(2)9-8/h3-5H,1H2,2H3. The zero-order chi connectivity index (χ0) is 11.6. The summed E-state index contributed by atoms with van der Waals surface area (Å²) in [4.78, 5) is 13.5. The summed E-state index contributed by atoms with van der Waals surface area (Å²) in [5, 5.41) is 11.0.